The van der Waals surface area contributed by atoms with Gasteiger partial charge < -0.3 is 19.6 Å². The topological polar surface area (TPSA) is 98.8 Å². The van der Waals surface area contributed by atoms with Crippen molar-refractivity contribution in [2.24, 2.45) is 0 Å². The first kappa shape index (κ1) is 20.6. The van der Waals surface area contributed by atoms with Crippen LogP contribution >= 0.6 is 0 Å². The molecule has 8 nitrogen and oxygen atoms in total. The maximum Gasteiger partial charge on any atom is 0.295 e. The number of likely N-dealkylation sites (N-methyl/N-ethyl adjacent to an activating group) is 1. The Morgan fingerprint density at radius 1 is 1.28 bits per heavy atom. The molecule has 0 radical (unpaired) electrons. The molecule has 0 saturated carbocycles. The van der Waals surface area contributed by atoms with Crippen LogP contribution in [0.15, 0.2) is 29.8 Å². The molecule has 2 N–H and O–H groups in total. The predicted molar refractivity (Wildman–Crippen MR) is 109 cm³/mol. The zero-order chi connectivity index (χ0) is 21.3. The number of aliphatic hydroxyl groups is 1. The predicted octanol–water partition coefficient (Wildman–Crippen LogP) is 2.02. The maximum absolute atomic E-state index is 13.0. The zero-order valence-corrected chi connectivity index (χ0v) is 17.3. The van der Waals surface area contributed by atoms with Crippen LogP contribution in [0, 0.1) is 13.8 Å². The summed E-state index contributed by atoms with van der Waals surface area (Å²) in [7, 11) is 5.33. The molecule has 1 saturated heterocycles. The van der Waals surface area contributed by atoms with E-state index in [9.17, 15) is 14.7 Å². The van der Waals surface area contributed by atoms with Crippen molar-refractivity contribution in [2.75, 3.05) is 34.3 Å². The number of carbonyl (C=O) groups excluding carboxylic acids is 2. The average molecular weight is 398 g/mol. The number of aromatic amines is 1. The number of benzene rings is 1. The molecule has 0 bridgehead atoms. The number of carbonyl (C=O) groups is 2. The highest BCUT2D eigenvalue weighted by Crippen LogP contribution is 2.42. The van der Waals surface area contributed by atoms with Crippen LogP contribution in [0.3, 0.4) is 0 Å². The third-order valence-electron chi connectivity index (χ3n) is 5.13. The van der Waals surface area contributed by atoms with E-state index < -0.39 is 17.7 Å². The Bertz CT molecular complexity index is 957. The van der Waals surface area contributed by atoms with Crippen molar-refractivity contribution in [1.82, 2.24) is 20.0 Å². The van der Waals surface area contributed by atoms with Gasteiger partial charge in [-0.2, -0.15) is 5.10 Å². The Morgan fingerprint density at radius 3 is 2.55 bits per heavy atom. The van der Waals surface area contributed by atoms with Crippen LogP contribution in [0.2, 0.25) is 0 Å². The number of aliphatic hydroxyl groups excluding tert-OH is 1. The summed E-state index contributed by atoms with van der Waals surface area (Å²) in [4.78, 5) is 29.3. The lowest BCUT2D eigenvalue weighted by Gasteiger charge is -2.27. The summed E-state index contributed by atoms with van der Waals surface area (Å²) in [5.41, 5.74) is 2.31. The number of hydrogen-bond acceptors (Lipinski definition) is 6. The minimum absolute atomic E-state index is 0.0471. The average Bonchev–Trinajstić information content (AvgIpc) is 3.16. The highest BCUT2D eigenvalue weighted by atomic mass is 16.5. The van der Waals surface area contributed by atoms with Crippen LogP contribution in [-0.2, 0) is 9.59 Å². The van der Waals surface area contributed by atoms with Crippen molar-refractivity contribution in [3.05, 3.63) is 52.4 Å². The molecule has 0 unspecified atom stereocenters. The fourth-order valence-corrected chi connectivity index (χ4v) is 3.67. The van der Waals surface area contributed by atoms with Crippen LogP contribution in [0.1, 0.15) is 28.6 Å². The van der Waals surface area contributed by atoms with E-state index in [0.29, 0.717) is 41.4 Å². The zero-order valence-electron chi connectivity index (χ0n) is 17.3. The normalized spacial score (nSPS) is 18.7. The number of likely N-dealkylation sites (tertiary alicyclic amines) is 1. The number of ketones is 1. The molecule has 2 aromatic rings. The summed E-state index contributed by atoms with van der Waals surface area (Å²) in [5.74, 6) is -1.03. The summed E-state index contributed by atoms with van der Waals surface area (Å²) in [6.07, 6.45) is 0. The van der Waals surface area contributed by atoms with Crippen LogP contribution in [0.5, 0.6) is 5.75 Å². The van der Waals surface area contributed by atoms with Gasteiger partial charge in [-0.1, -0.05) is 18.2 Å². The smallest absolute Gasteiger partial charge is 0.295 e. The quantitative estimate of drug-likeness (QED) is 0.439. The van der Waals surface area contributed by atoms with E-state index in [4.69, 9.17) is 4.74 Å². The monoisotopic (exact) mass is 398 g/mol. The van der Waals surface area contributed by atoms with Gasteiger partial charge in [0.25, 0.3) is 11.7 Å². The third-order valence-corrected chi connectivity index (χ3v) is 5.13. The van der Waals surface area contributed by atoms with Crippen molar-refractivity contribution in [2.45, 2.75) is 19.9 Å². The number of aromatic nitrogens is 2. The van der Waals surface area contributed by atoms with Gasteiger partial charge >= 0.3 is 0 Å². The molecule has 1 atom stereocenters. The van der Waals surface area contributed by atoms with Gasteiger partial charge in [-0.15, -0.1) is 0 Å². The van der Waals surface area contributed by atoms with E-state index >= 15 is 0 Å². The summed E-state index contributed by atoms with van der Waals surface area (Å²) < 4.78 is 5.49. The van der Waals surface area contributed by atoms with E-state index in [1.165, 1.54) is 12.0 Å². The summed E-state index contributed by atoms with van der Waals surface area (Å²) in [5, 5.41) is 18.0. The fraction of sp³-hybridized carbons (Fsp3) is 0.381. The molecular formula is C21H26N4O4. The lowest BCUT2D eigenvalue weighted by Crippen LogP contribution is -2.35. The molecule has 3 rings (SSSR count). The van der Waals surface area contributed by atoms with Gasteiger partial charge in [-0.3, -0.25) is 14.7 Å². The highest BCUT2D eigenvalue weighted by Gasteiger charge is 2.47. The van der Waals surface area contributed by atoms with Crippen molar-refractivity contribution in [3.63, 3.8) is 0 Å². The van der Waals surface area contributed by atoms with Crippen LogP contribution in [0.4, 0.5) is 0 Å². The first-order valence-corrected chi connectivity index (χ1v) is 9.35. The maximum atomic E-state index is 13.0. The van der Waals surface area contributed by atoms with Gasteiger partial charge in [0.1, 0.15) is 11.5 Å². The molecule has 8 heteroatoms. The molecule has 1 aliphatic rings. The van der Waals surface area contributed by atoms with Gasteiger partial charge in [-0.25, -0.2) is 0 Å². The molecule has 1 aromatic carbocycles. The summed E-state index contributed by atoms with van der Waals surface area (Å²) >= 11 is 0. The standard InChI is InChI=1S/C21H26N4O4/c1-12-16(13(2)23-22-12)19(26)17-18(14-8-6-7-9-15(14)29-5)25(11-10-24(3)4)21(28)20(17)27/h6-9,18,26H,10-11H2,1-5H3,(H,22,23)/b19-17+/t18-/m0/s1. The van der Waals surface area contributed by atoms with Crippen molar-refractivity contribution < 1.29 is 19.4 Å². The van der Waals surface area contributed by atoms with Crippen molar-refractivity contribution >= 4 is 17.4 Å². The Hall–Kier alpha value is -3.13. The lowest BCUT2D eigenvalue weighted by molar-refractivity contribution is -0.140. The first-order valence-electron chi connectivity index (χ1n) is 9.35. The number of rotatable bonds is 6. The number of para-hydroxylation sites is 1. The van der Waals surface area contributed by atoms with E-state index in [2.05, 4.69) is 10.2 Å². The minimum atomic E-state index is -0.750. The largest absolute Gasteiger partial charge is 0.507 e. The van der Waals surface area contributed by atoms with E-state index in [1.54, 1.807) is 26.0 Å². The number of amides is 1. The number of methoxy groups -OCH3 is 1. The number of nitrogens with zero attached hydrogens (tertiary/aromatic N) is 3. The number of aryl methyl sites for hydroxylation is 2. The van der Waals surface area contributed by atoms with E-state index in [0.717, 1.165) is 0 Å². The van der Waals surface area contributed by atoms with Gasteiger partial charge in [0.15, 0.2) is 0 Å². The molecule has 0 spiro atoms. The molecule has 1 fully saturated rings. The Balaban J connectivity index is 2.23. The van der Waals surface area contributed by atoms with Gasteiger partial charge in [0, 0.05) is 24.3 Å². The van der Waals surface area contributed by atoms with E-state index in [1.807, 2.05) is 31.1 Å². The molecule has 1 amide bonds. The lowest BCUT2D eigenvalue weighted by atomic mass is 9.94. The van der Waals surface area contributed by atoms with Crippen LogP contribution in [-0.4, -0.2) is 71.1 Å². The fourth-order valence-electron chi connectivity index (χ4n) is 3.67. The number of hydrogen-bond donors (Lipinski definition) is 2. The number of ether oxygens (including phenoxy) is 1. The summed E-state index contributed by atoms with van der Waals surface area (Å²) in [6, 6.07) is 6.47. The number of H-pyrrole nitrogens is 1. The van der Waals surface area contributed by atoms with Gasteiger partial charge in [0.05, 0.1) is 30.0 Å². The Kier molecular flexibility index (Phi) is 5.74. The second kappa shape index (κ2) is 8.08. The number of Topliss-reactive ketones (excluding diaryl/α,β-unsaturated/α-hetero) is 1. The van der Waals surface area contributed by atoms with Crippen molar-refractivity contribution in [1.29, 1.82) is 0 Å². The van der Waals surface area contributed by atoms with Crippen molar-refractivity contribution in [3.8, 4) is 5.75 Å². The van der Waals surface area contributed by atoms with Crippen LogP contribution in [0.25, 0.3) is 5.76 Å². The highest BCUT2D eigenvalue weighted by molar-refractivity contribution is 6.46. The first-order chi connectivity index (χ1) is 13.8. The second-order valence-corrected chi connectivity index (χ2v) is 7.35. The van der Waals surface area contributed by atoms with Gasteiger partial charge in [-0.05, 0) is 34.0 Å². The minimum Gasteiger partial charge on any atom is -0.507 e. The molecule has 1 aromatic heterocycles. The SMILES string of the molecule is COc1ccccc1[C@H]1/C(=C(\O)c2c(C)n[nH]c2C)C(=O)C(=O)N1CCN(C)C. The Morgan fingerprint density at radius 2 is 1.97 bits per heavy atom. The molecular weight excluding hydrogens is 372 g/mol. The number of nitrogens with one attached hydrogen (secondary N) is 1. The molecule has 2 heterocycles. The summed E-state index contributed by atoms with van der Waals surface area (Å²) in [6.45, 7) is 4.40. The van der Waals surface area contributed by atoms with Crippen LogP contribution < -0.4 is 4.74 Å². The molecule has 29 heavy (non-hydrogen) atoms. The second-order valence-electron chi connectivity index (χ2n) is 7.35. The van der Waals surface area contributed by atoms with E-state index in [-0.39, 0.29) is 11.3 Å². The molecule has 154 valence electrons. The third kappa shape index (κ3) is 3.63. The Labute approximate surface area is 169 Å². The molecule has 1 aliphatic heterocycles. The molecule has 0 aliphatic carbocycles. The van der Waals surface area contributed by atoms with Gasteiger partial charge in [0.2, 0.25) is 0 Å².